The molecule has 1 aliphatic heterocycles. The zero-order valence-corrected chi connectivity index (χ0v) is 14.6. The highest BCUT2D eigenvalue weighted by atomic mass is 16.2. The molecule has 10 nitrogen and oxygen atoms in total. The minimum atomic E-state index is -0.144. The first kappa shape index (κ1) is 17.3. The molecule has 0 spiro atoms. The lowest BCUT2D eigenvalue weighted by molar-refractivity contribution is 0.0697. The third kappa shape index (κ3) is 3.34. The molecule has 1 atom stereocenters. The van der Waals surface area contributed by atoms with E-state index in [1.807, 2.05) is 6.92 Å². The number of amides is 1. The van der Waals surface area contributed by atoms with Crippen LogP contribution in [0.5, 0.6) is 0 Å². The number of aryl methyl sites for hydroxylation is 1. The van der Waals surface area contributed by atoms with Crippen LogP contribution in [0.3, 0.4) is 0 Å². The molecular weight excluding hydrogens is 324 g/mol. The standard InChI is InChI=1S/C15H24N8O2/c1-3-23-13(18-20(2)15(23)25)11-5-4-7-21(9-11)14(24)12-10-22(8-6-16)19-17-12/h10-11H,3-9,16H2,1-2H3/t11-/m0/s1. The molecule has 0 bridgehead atoms. The van der Waals surface area contributed by atoms with Crippen LogP contribution in [0.25, 0.3) is 0 Å². The number of rotatable bonds is 5. The molecule has 25 heavy (non-hydrogen) atoms. The Morgan fingerprint density at radius 1 is 1.44 bits per heavy atom. The van der Waals surface area contributed by atoms with Gasteiger partial charge in [-0.1, -0.05) is 5.21 Å². The maximum absolute atomic E-state index is 12.7. The van der Waals surface area contributed by atoms with E-state index in [0.717, 1.165) is 18.7 Å². The van der Waals surface area contributed by atoms with Crippen molar-refractivity contribution >= 4 is 5.91 Å². The van der Waals surface area contributed by atoms with Gasteiger partial charge in [0.2, 0.25) is 0 Å². The van der Waals surface area contributed by atoms with Gasteiger partial charge in [0.1, 0.15) is 5.82 Å². The number of hydrogen-bond donors (Lipinski definition) is 1. The second-order valence-corrected chi connectivity index (χ2v) is 6.25. The first-order valence-electron chi connectivity index (χ1n) is 8.58. The second kappa shape index (κ2) is 7.18. The van der Waals surface area contributed by atoms with E-state index in [1.54, 1.807) is 27.4 Å². The predicted molar refractivity (Wildman–Crippen MR) is 90.1 cm³/mol. The summed E-state index contributed by atoms with van der Waals surface area (Å²) in [4.78, 5) is 26.6. The smallest absolute Gasteiger partial charge is 0.336 e. The minimum Gasteiger partial charge on any atom is -0.336 e. The highest BCUT2D eigenvalue weighted by Crippen LogP contribution is 2.25. The van der Waals surface area contributed by atoms with Crippen molar-refractivity contribution in [1.82, 2.24) is 34.2 Å². The summed E-state index contributed by atoms with van der Waals surface area (Å²) >= 11 is 0. The van der Waals surface area contributed by atoms with E-state index in [0.29, 0.717) is 38.4 Å². The third-order valence-corrected chi connectivity index (χ3v) is 4.54. The molecule has 2 aromatic rings. The van der Waals surface area contributed by atoms with Gasteiger partial charge in [-0.05, 0) is 19.8 Å². The van der Waals surface area contributed by atoms with Gasteiger partial charge in [0.05, 0.1) is 12.7 Å². The van der Waals surface area contributed by atoms with Crippen molar-refractivity contribution in [3.63, 3.8) is 0 Å². The van der Waals surface area contributed by atoms with Crippen LogP contribution in [0.4, 0.5) is 0 Å². The van der Waals surface area contributed by atoms with Crippen LogP contribution in [-0.4, -0.2) is 59.8 Å². The number of piperidine rings is 1. The Kier molecular flexibility index (Phi) is 4.98. The van der Waals surface area contributed by atoms with Crippen LogP contribution in [0, 0.1) is 0 Å². The number of likely N-dealkylation sites (tertiary alicyclic amines) is 1. The zero-order valence-electron chi connectivity index (χ0n) is 14.6. The van der Waals surface area contributed by atoms with Crippen molar-refractivity contribution in [2.75, 3.05) is 19.6 Å². The molecule has 136 valence electrons. The molecule has 2 aromatic heterocycles. The van der Waals surface area contributed by atoms with Gasteiger partial charge < -0.3 is 10.6 Å². The summed E-state index contributed by atoms with van der Waals surface area (Å²) < 4.78 is 4.61. The van der Waals surface area contributed by atoms with Gasteiger partial charge in [-0.25, -0.2) is 9.48 Å². The summed E-state index contributed by atoms with van der Waals surface area (Å²) in [6.07, 6.45) is 3.39. The van der Waals surface area contributed by atoms with Crippen molar-refractivity contribution in [1.29, 1.82) is 0 Å². The number of nitrogens with two attached hydrogens (primary N) is 1. The van der Waals surface area contributed by atoms with E-state index in [-0.39, 0.29) is 17.5 Å². The molecular formula is C15H24N8O2. The quantitative estimate of drug-likeness (QED) is 0.754. The molecule has 0 radical (unpaired) electrons. The number of nitrogens with zero attached hydrogens (tertiary/aromatic N) is 7. The molecule has 10 heteroatoms. The average Bonchev–Trinajstić information content (AvgIpc) is 3.20. The van der Waals surface area contributed by atoms with E-state index in [4.69, 9.17) is 5.73 Å². The van der Waals surface area contributed by atoms with Crippen molar-refractivity contribution in [3.05, 3.63) is 28.2 Å². The molecule has 3 rings (SSSR count). The Bertz CT molecular complexity index is 805. The highest BCUT2D eigenvalue weighted by Gasteiger charge is 2.30. The Morgan fingerprint density at radius 3 is 2.96 bits per heavy atom. The summed E-state index contributed by atoms with van der Waals surface area (Å²) in [7, 11) is 1.65. The second-order valence-electron chi connectivity index (χ2n) is 6.25. The lowest BCUT2D eigenvalue weighted by atomic mass is 9.97. The monoisotopic (exact) mass is 348 g/mol. The highest BCUT2D eigenvalue weighted by molar-refractivity contribution is 5.92. The topological polar surface area (TPSA) is 117 Å². The number of hydrogen-bond acceptors (Lipinski definition) is 6. The molecule has 1 amide bonds. The Morgan fingerprint density at radius 2 is 2.24 bits per heavy atom. The maximum Gasteiger partial charge on any atom is 0.345 e. The fraction of sp³-hybridized carbons (Fsp3) is 0.667. The first-order chi connectivity index (χ1) is 12.0. The van der Waals surface area contributed by atoms with Crippen LogP contribution in [0.1, 0.15) is 42.0 Å². The molecule has 1 saturated heterocycles. The average molecular weight is 348 g/mol. The predicted octanol–water partition coefficient (Wildman–Crippen LogP) is -0.828. The minimum absolute atomic E-state index is 0.0469. The summed E-state index contributed by atoms with van der Waals surface area (Å²) in [5.41, 5.74) is 5.69. The molecule has 0 aromatic carbocycles. The number of aromatic nitrogens is 6. The van der Waals surface area contributed by atoms with E-state index < -0.39 is 0 Å². The Hall–Kier alpha value is -2.49. The van der Waals surface area contributed by atoms with Gasteiger partial charge >= 0.3 is 5.69 Å². The Balaban J connectivity index is 1.77. The van der Waals surface area contributed by atoms with Crippen LogP contribution >= 0.6 is 0 Å². The van der Waals surface area contributed by atoms with Gasteiger partial charge in [0, 0.05) is 39.1 Å². The van der Waals surface area contributed by atoms with Crippen LogP contribution in [0.2, 0.25) is 0 Å². The largest absolute Gasteiger partial charge is 0.345 e. The normalized spacial score (nSPS) is 17.9. The molecule has 2 N–H and O–H groups in total. The Labute approximate surface area is 145 Å². The fourth-order valence-corrected chi connectivity index (χ4v) is 3.29. The SMILES string of the molecule is CCn1c([C@H]2CCCN(C(=O)c3cn(CCN)nn3)C2)nn(C)c1=O. The molecule has 0 aliphatic carbocycles. The molecule has 0 unspecified atom stereocenters. The van der Waals surface area contributed by atoms with Gasteiger partial charge in [-0.2, -0.15) is 5.10 Å². The van der Waals surface area contributed by atoms with Gasteiger partial charge in [0.25, 0.3) is 5.91 Å². The molecule has 1 fully saturated rings. The van der Waals surface area contributed by atoms with Crippen molar-refractivity contribution < 1.29 is 4.79 Å². The van der Waals surface area contributed by atoms with E-state index in [1.165, 1.54) is 4.68 Å². The first-order valence-corrected chi connectivity index (χ1v) is 8.58. The summed E-state index contributed by atoms with van der Waals surface area (Å²) in [5.74, 6) is 0.652. The van der Waals surface area contributed by atoms with Gasteiger partial charge in [0.15, 0.2) is 5.69 Å². The molecule has 3 heterocycles. The lowest BCUT2D eigenvalue weighted by Crippen LogP contribution is -2.40. The molecule has 0 saturated carbocycles. The maximum atomic E-state index is 12.7. The van der Waals surface area contributed by atoms with Crippen molar-refractivity contribution in [2.45, 2.75) is 38.8 Å². The van der Waals surface area contributed by atoms with Crippen molar-refractivity contribution in [3.8, 4) is 0 Å². The summed E-state index contributed by atoms with van der Waals surface area (Å²) in [6, 6.07) is 0. The summed E-state index contributed by atoms with van der Waals surface area (Å²) in [6.45, 7) is 4.66. The van der Waals surface area contributed by atoms with E-state index in [2.05, 4.69) is 15.4 Å². The lowest BCUT2D eigenvalue weighted by Gasteiger charge is -2.31. The van der Waals surface area contributed by atoms with Crippen LogP contribution in [0.15, 0.2) is 11.0 Å². The fourth-order valence-electron chi connectivity index (χ4n) is 3.29. The van der Waals surface area contributed by atoms with E-state index in [9.17, 15) is 9.59 Å². The van der Waals surface area contributed by atoms with Crippen LogP contribution in [-0.2, 0) is 20.1 Å². The zero-order chi connectivity index (χ0) is 18.0. The van der Waals surface area contributed by atoms with Gasteiger partial charge in [-0.3, -0.25) is 14.0 Å². The number of carbonyl (C=O) groups is 1. The molecule has 1 aliphatic rings. The van der Waals surface area contributed by atoms with Crippen LogP contribution < -0.4 is 11.4 Å². The van der Waals surface area contributed by atoms with Gasteiger partial charge in [-0.15, -0.1) is 5.10 Å². The number of carbonyl (C=O) groups excluding carboxylic acids is 1. The third-order valence-electron chi connectivity index (χ3n) is 4.54. The van der Waals surface area contributed by atoms with E-state index >= 15 is 0 Å². The summed E-state index contributed by atoms with van der Waals surface area (Å²) in [5, 5.41) is 12.3. The van der Waals surface area contributed by atoms with Crippen molar-refractivity contribution in [2.24, 2.45) is 12.8 Å².